The first-order valence-electron chi connectivity index (χ1n) is 3.94. The second kappa shape index (κ2) is 3.49. The molecule has 11 heavy (non-hydrogen) atoms. The molecule has 1 aromatic heterocycles. The molecule has 0 saturated heterocycles. The summed E-state index contributed by atoms with van der Waals surface area (Å²) < 4.78 is 2.06. The van der Waals surface area contributed by atoms with Crippen molar-refractivity contribution in [1.29, 1.82) is 0 Å². The van der Waals surface area contributed by atoms with Gasteiger partial charge in [0, 0.05) is 18.1 Å². The lowest BCUT2D eigenvalue weighted by atomic mass is 10.1. The number of nitrogens with zero attached hydrogens (tertiary/aromatic N) is 1. The van der Waals surface area contributed by atoms with Crippen LogP contribution in [0.25, 0.3) is 0 Å². The average molecular weight is 151 g/mol. The van der Waals surface area contributed by atoms with Crippen LogP contribution < -0.4 is 10.3 Å². The lowest BCUT2D eigenvalue weighted by Crippen LogP contribution is -2.42. The minimum atomic E-state index is 0.541. The van der Waals surface area contributed by atoms with E-state index in [0.29, 0.717) is 12.6 Å². The Morgan fingerprint density at radius 1 is 1.45 bits per heavy atom. The summed E-state index contributed by atoms with van der Waals surface area (Å²) in [5.41, 5.74) is 6.84. The van der Waals surface area contributed by atoms with E-state index in [1.54, 1.807) is 0 Å². The molecule has 2 heteroatoms. The van der Waals surface area contributed by atoms with E-state index in [-0.39, 0.29) is 0 Å². The molecule has 2 N–H and O–H groups in total. The first-order chi connectivity index (χ1) is 5.25. The van der Waals surface area contributed by atoms with Gasteiger partial charge in [0.25, 0.3) is 0 Å². The van der Waals surface area contributed by atoms with Gasteiger partial charge in [-0.3, -0.25) is 5.73 Å². The third kappa shape index (κ3) is 1.77. The maximum atomic E-state index is 5.55. The quantitative estimate of drug-likeness (QED) is 0.628. The Balaban J connectivity index is 3.02. The molecule has 1 aromatic rings. The molecule has 0 aliphatic carbocycles. The number of pyridine rings is 1. The summed E-state index contributed by atoms with van der Waals surface area (Å²) in [5, 5.41) is 0. The highest BCUT2D eigenvalue weighted by molar-refractivity contribution is 5.00. The van der Waals surface area contributed by atoms with E-state index < -0.39 is 0 Å². The molecule has 0 saturated carbocycles. The van der Waals surface area contributed by atoms with Crippen molar-refractivity contribution in [2.24, 2.45) is 5.73 Å². The Hall–Kier alpha value is -0.890. The molecule has 0 radical (unpaired) electrons. The number of aromatic nitrogens is 1. The highest BCUT2D eigenvalue weighted by atomic mass is 15.0. The Bertz CT molecular complexity index is 231. The van der Waals surface area contributed by atoms with Crippen LogP contribution in [0.15, 0.2) is 24.4 Å². The minimum Gasteiger partial charge on any atom is -0.275 e. The van der Waals surface area contributed by atoms with Crippen LogP contribution in [-0.2, 0) is 6.67 Å². The summed E-state index contributed by atoms with van der Waals surface area (Å²) in [7, 11) is 0. The van der Waals surface area contributed by atoms with E-state index >= 15 is 0 Å². The van der Waals surface area contributed by atoms with Crippen LogP contribution in [0.2, 0.25) is 0 Å². The van der Waals surface area contributed by atoms with Gasteiger partial charge in [0.15, 0.2) is 18.6 Å². The van der Waals surface area contributed by atoms with Gasteiger partial charge in [-0.2, -0.15) is 4.57 Å². The maximum Gasteiger partial charge on any atom is 0.199 e. The Labute approximate surface area is 67.7 Å². The van der Waals surface area contributed by atoms with E-state index in [1.165, 1.54) is 5.69 Å². The summed E-state index contributed by atoms with van der Waals surface area (Å²) in [6.07, 6.45) is 2.01. The summed E-state index contributed by atoms with van der Waals surface area (Å²) in [6, 6.07) is 6.15. The zero-order chi connectivity index (χ0) is 8.27. The maximum absolute atomic E-state index is 5.55. The van der Waals surface area contributed by atoms with Crippen LogP contribution in [0.1, 0.15) is 25.5 Å². The second-order valence-electron chi connectivity index (χ2n) is 2.93. The van der Waals surface area contributed by atoms with Crippen molar-refractivity contribution in [1.82, 2.24) is 0 Å². The Morgan fingerprint density at radius 3 is 2.64 bits per heavy atom. The fourth-order valence-corrected chi connectivity index (χ4v) is 1.18. The van der Waals surface area contributed by atoms with Crippen LogP contribution in [0.3, 0.4) is 0 Å². The number of hydrogen-bond donors (Lipinski definition) is 1. The molecule has 0 bridgehead atoms. The number of rotatable bonds is 2. The zero-order valence-electron chi connectivity index (χ0n) is 7.12. The van der Waals surface area contributed by atoms with Crippen molar-refractivity contribution < 1.29 is 4.57 Å². The lowest BCUT2D eigenvalue weighted by molar-refractivity contribution is -0.704. The van der Waals surface area contributed by atoms with Gasteiger partial charge in [-0.15, -0.1) is 0 Å². The molecule has 1 heterocycles. The van der Waals surface area contributed by atoms with Crippen LogP contribution in [0.5, 0.6) is 0 Å². The van der Waals surface area contributed by atoms with Gasteiger partial charge in [0.05, 0.1) is 0 Å². The summed E-state index contributed by atoms with van der Waals surface area (Å²) in [5.74, 6) is 0.541. The van der Waals surface area contributed by atoms with Gasteiger partial charge in [0.2, 0.25) is 0 Å². The van der Waals surface area contributed by atoms with E-state index in [0.717, 1.165) is 0 Å². The molecule has 60 valence electrons. The molecule has 0 unspecified atom stereocenters. The Morgan fingerprint density at radius 2 is 2.18 bits per heavy atom. The van der Waals surface area contributed by atoms with Gasteiger partial charge in [-0.25, -0.2) is 0 Å². The SMILES string of the molecule is CC(C)c1cccc[n+]1CN. The molecule has 0 aliphatic rings. The first kappa shape index (κ1) is 8.21. The van der Waals surface area contributed by atoms with Gasteiger partial charge in [0.1, 0.15) is 0 Å². The Kier molecular flexibility index (Phi) is 2.60. The topological polar surface area (TPSA) is 29.9 Å². The fourth-order valence-electron chi connectivity index (χ4n) is 1.18. The van der Waals surface area contributed by atoms with Crippen LogP contribution in [0, 0.1) is 0 Å². The lowest BCUT2D eigenvalue weighted by Gasteiger charge is -2.03. The van der Waals surface area contributed by atoms with Gasteiger partial charge >= 0.3 is 0 Å². The van der Waals surface area contributed by atoms with Crippen molar-refractivity contribution in [3.63, 3.8) is 0 Å². The largest absolute Gasteiger partial charge is 0.275 e. The van der Waals surface area contributed by atoms with Crippen LogP contribution in [0.4, 0.5) is 0 Å². The standard InChI is InChI=1S/C9H15N2/c1-8(2)9-5-3-4-6-11(9)7-10/h3-6,8H,7,10H2,1-2H3/q+1. The van der Waals surface area contributed by atoms with E-state index in [1.807, 2.05) is 18.3 Å². The number of nitrogens with two attached hydrogens (primary N) is 1. The molecular weight excluding hydrogens is 136 g/mol. The molecule has 0 spiro atoms. The van der Waals surface area contributed by atoms with E-state index in [4.69, 9.17) is 5.73 Å². The molecular formula is C9H15N2+. The molecule has 0 aliphatic heterocycles. The van der Waals surface area contributed by atoms with Crippen molar-refractivity contribution in [2.75, 3.05) is 0 Å². The van der Waals surface area contributed by atoms with E-state index in [2.05, 4.69) is 24.5 Å². The predicted molar refractivity (Wildman–Crippen MR) is 44.9 cm³/mol. The molecule has 0 aromatic carbocycles. The monoisotopic (exact) mass is 151 g/mol. The molecule has 1 rings (SSSR count). The zero-order valence-corrected chi connectivity index (χ0v) is 7.12. The summed E-state index contributed by atoms with van der Waals surface area (Å²) in [4.78, 5) is 0. The highest BCUT2D eigenvalue weighted by Gasteiger charge is 2.10. The normalized spacial score (nSPS) is 10.5. The number of hydrogen-bond acceptors (Lipinski definition) is 1. The third-order valence-electron chi connectivity index (χ3n) is 1.76. The highest BCUT2D eigenvalue weighted by Crippen LogP contribution is 2.07. The first-order valence-corrected chi connectivity index (χ1v) is 3.94. The van der Waals surface area contributed by atoms with Gasteiger partial charge in [-0.05, 0) is 0 Å². The van der Waals surface area contributed by atoms with Crippen molar-refractivity contribution >= 4 is 0 Å². The van der Waals surface area contributed by atoms with Crippen molar-refractivity contribution in [3.05, 3.63) is 30.1 Å². The second-order valence-corrected chi connectivity index (χ2v) is 2.93. The molecule has 0 fully saturated rings. The van der Waals surface area contributed by atoms with E-state index in [9.17, 15) is 0 Å². The van der Waals surface area contributed by atoms with Crippen LogP contribution >= 0.6 is 0 Å². The van der Waals surface area contributed by atoms with Crippen LogP contribution in [-0.4, -0.2) is 0 Å². The van der Waals surface area contributed by atoms with Gasteiger partial charge < -0.3 is 0 Å². The minimum absolute atomic E-state index is 0.541. The molecule has 0 amide bonds. The summed E-state index contributed by atoms with van der Waals surface area (Å²) in [6.45, 7) is 4.90. The van der Waals surface area contributed by atoms with Gasteiger partial charge in [-0.1, -0.05) is 19.9 Å². The van der Waals surface area contributed by atoms with Crippen molar-refractivity contribution in [2.45, 2.75) is 26.4 Å². The smallest absolute Gasteiger partial charge is 0.199 e. The predicted octanol–water partition coefficient (Wildman–Crippen LogP) is 1.01. The fraction of sp³-hybridized carbons (Fsp3) is 0.444. The molecule has 2 nitrogen and oxygen atoms in total. The summed E-state index contributed by atoms with van der Waals surface area (Å²) >= 11 is 0. The third-order valence-corrected chi connectivity index (χ3v) is 1.76. The van der Waals surface area contributed by atoms with Crippen molar-refractivity contribution in [3.8, 4) is 0 Å². The molecule has 0 atom stereocenters. The average Bonchev–Trinajstić information content (AvgIpc) is 2.04.